The summed E-state index contributed by atoms with van der Waals surface area (Å²) in [4.78, 5) is 40.5. The van der Waals surface area contributed by atoms with Crippen LogP contribution in [0.15, 0.2) is 53.5 Å². The van der Waals surface area contributed by atoms with Crippen molar-refractivity contribution in [2.75, 3.05) is 51.9 Å². The molecule has 0 aliphatic carbocycles. The van der Waals surface area contributed by atoms with Gasteiger partial charge in [-0.2, -0.15) is 0 Å². The minimum absolute atomic E-state index is 0.0410. The SMILES string of the molecule is COCCOC(=O)OCOc1c2n(ccc1=O)N([C@@H]1c3ccccc3[Se]Cc3c1ccc(F)c3F)[C@@H]1COCCN1C2=O. The van der Waals surface area contributed by atoms with E-state index in [0.29, 0.717) is 10.9 Å². The van der Waals surface area contributed by atoms with Gasteiger partial charge < -0.3 is 4.74 Å². The molecule has 6 rings (SSSR count). The normalized spacial score (nSPS) is 19.0. The second-order valence-electron chi connectivity index (χ2n) is 9.79. The summed E-state index contributed by atoms with van der Waals surface area (Å²) in [5.41, 5.74) is 0.959. The first-order valence-electron chi connectivity index (χ1n) is 13.4. The van der Waals surface area contributed by atoms with Crippen molar-refractivity contribution in [1.29, 1.82) is 0 Å². The Morgan fingerprint density at radius 2 is 1.91 bits per heavy atom. The van der Waals surface area contributed by atoms with Gasteiger partial charge in [0.1, 0.15) is 6.61 Å². The number of pyridine rings is 1. The fraction of sp³-hybridized carbons (Fsp3) is 0.345. The fourth-order valence-corrected chi connectivity index (χ4v) is 7.83. The first-order chi connectivity index (χ1) is 20.9. The van der Waals surface area contributed by atoms with Crippen LogP contribution in [0.3, 0.4) is 0 Å². The van der Waals surface area contributed by atoms with Crippen molar-refractivity contribution in [3.63, 3.8) is 0 Å². The van der Waals surface area contributed by atoms with Gasteiger partial charge in [-0.3, -0.25) is 0 Å². The monoisotopic (exact) mass is 663 g/mol. The molecule has 1 fully saturated rings. The van der Waals surface area contributed by atoms with Crippen LogP contribution >= 0.6 is 0 Å². The van der Waals surface area contributed by atoms with Crippen LogP contribution in [-0.4, -0.2) is 89.6 Å². The van der Waals surface area contributed by atoms with Gasteiger partial charge >= 0.3 is 226 Å². The molecular formula is C29H27F2N3O8Se. The first-order valence-corrected chi connectivity index (χ1v) is 15.5. The number of halogens is 2. The van der Waals surface area contributed by atoms with E-state index < -0.39 is 48.1 Å². The molecule has 11 nitrogen and oxygen atoms in total. The number of methoxy groups -OCH3 is 1. The second kappa shape index (κ2) is 12.3. The van der Waals surface area contributed by atoms with Crippen molar-refractivity contribution in [1.82, 2.24) is 9.58 Å². The fourth-order valence-electron chi connectivity index (χ4n) is 5.50. The summed E-state index contributed by atoms with van der Waals surface area (Å²) in [6.07, 6.45) is -0.237. The van der Waals surface area contributed by atoms with E-state index in [2.05, 4.69) is 0 Å². The summed E-state index contributed by atoms with van der Waals surface area (Å²) < 4.78 is 58.3. The number of fused-ring (bicyclic) bond motifs is 4. The summed E-state index contributed by atoms with van der Waals surface area (Å²) in [6, 6.07) is 10.9. The summed E-state index contributed by atoms with van der Waals surface area (Å²) in [6.45, 7) is 0.0431. The maximum atomic E-state index is 15.3. The number of rotatable bonds is 7. The van der Waals surface area contributed by atoms with Gasteiger partial charge in [0.2, 0.25) is 0 Å². The average Bonchev–Trinajstić information content (AvgIpc) is 3.18. The number of ether oxygens (including phenoxy) is 5. The Morgan fingerprint density at radius 1 is 1.07 bits per heavy atom. The number of carbonyl (C=O) groups excluding carboxylic acids is 2. The van der Waals surface area contributed by atoms with Gasteiger partial charge in [0.15, 0.2) is 0 Å². The quantitative estimate of drug-likeness (QED) is 0.162. The van der Waals surface area contributed by atoms with Gasteiger partial charge in [0, 0.05) is 7.11 Å². The predicted octanol–water partition coefficient (Wildman–Crippen LogP) is 1.65. The molecule has 43 heavy (non-hydrogen) atoms. The average molecular weight is 663 g/mol. The van der Waals surface area contributed by atoms with Gasteiger partial charge in [0.25, 0.3) is 0 Å². The molecule has 14 heteroatoms. The Bertz CT molecular complexity index is 1620. The zero-order chi connectivity index (χ0) is 30.1. The molecule has 1 aromatic heterocycles. The van der Waals surface area contributed by atoms with Gasteiger partial charge in [-0.15, -0.1) is 0 Å². The first kappa shape index (κ1) is 29.1. The predicted molar refractivity (Wildman–Crippen MR) is 148 cm³/mol. The Morgan fingerprint density at radius 3 is 2.74 bits per heavy atom. The van der Waals surface area contributed by atoms with Crippen LogP contribution in [0, 0.1) is 11.6 Å². The molecule has 2 aromatic carbocycles. The Kier molecular flexibility index (Phi) is 8.35. The number of amides is 1. The number of benzene rings is 2. The number of aromatic nitrogens is 1. The van der Waals surface area contributed by atoms with E-state index in [1.807, 2.05) is 29.3 Å². The second-order valence-corrected chi connectivity index (χ2v) is 11.9. The number of carbonyl (C=O) groups is 2. The van der Waals surface area contributed by atoms with Gasteiger partial charge in [-0.1, -0.05) is 0 Å². The molecule has 0 unspecified atom stereocenters. The molecule has 0 bridgehead atoms. The molecule has 4 heterocycles. The Hall–Kier alpha value is -3.97. The molecule has 1 saturated heterocycles. The third kappa shape index (κ3) is 5.35. The zero-order valence-corrected chi connectivity index (χ0v) is 24.7. The van der Waals surface area contributed by atoms with E-state index in [1.54, 1.807) is 11.0 Å². The van der Waals surface area contributed by atoms with Gasteiger partial charge in [0.05, 0.1) is 6.61 Å². The molecule has 0 spiro atoms. The molecule has 0 N–H and O–H groups in total. The maximum absolute atomic E-state index is 15.3. The molecule has 0 saturated carbocycles. The van der Waals surface area contributed by atoms with Crippen LogP contribution in [0.2, 0.25) is 0 Å². The standard InChI is InChI=1S/C29H27F2N3O8Se/c1-38-12-13-40-29(37)42-16-41-27-21(35)8-9-33-26(27)28(36)32-10-11-39-14-23(32)34(33)25-17-6-7-20(30)24(31)19(17)15-43-22-5-3-2-4-18(22)25/h2-9,23,25H,10-16H2,1H3/t23-,25+/m1/s1. The van der Waals surface area contributed by atoms with E-state index in [-0.39, 0.29) is 64.9 Å². The molecule has 3 aromatic rings. The van der Waals surface area contributed by atoms with Crippen LogP contribution in [0.5, 0.6) is 5.75 Å². The molecule has 3 aliphatic rings. The number of morpholine rings is 1. The summed E-state index contributed by atoms with van der Waals surface area (Å²) in [5, 5.41) is 2.18. The van der Waals surface area contributed by atoms with E-state index >= 15 is 4.39 Å². The summed E-state index contributed by atoms with van der Waals surface area (Å²) in [5.74, 6) is -2.66. The molecule has 3 aliphatic heterocycles. The van der Waals surface area contributed by atoms with Gasteiger partial charge in [-0.05, 0) is 0 Å². The van der Waals surface area contributed by atoms with Crippen LogP contribution in [0.4, 0.5) is 13.6 Å². The summed E-state index contributed by atoms with van der Waals surface area (Å²) >= 11 is -0.209. The van der Waals surface area contributed by atoms with Gasteiger partial charge in [-0.25, -0.2) is 0 Å². The van der Waals surface area contributed by atoms with Crippen molar-refractivity contribution in [3.05, 3.63) is 92.9 Å². The summed E-state index contributed by atoms with van der Waals surface area (Å²) in [7, 11) is 1.45. The van der Waals surface area contributed by atoms with Crippen molar-refractivity contribution < 1.29 is 42.1 Å². The van der Waals surface area contributed by atoms with Crippen molar-refractivity contribution in [3.8, 4) is 5.75 Å². The third-order valence-electron chi connectivity index (χ3n) is 7.42. The van der Waals surface area contributed by atoms with Crippen LogP contribution in [0.25, 0.3) is 0 Å². The number of nitrogens with zero attached hydrogens (tertiary/aromatic N) is 3. The number of hydrogen-bond donors (Lipinski definition) is 0. The van der Waals surface area contributed by atoms with Crippen LogP contribution in [-0.2, 0) is 24.3 Å². The van der Waals surface area contributed by atoms with E-state index in [4.69, 9.17) is 23.7 Å². The zero-order valence-electron chi connectivity index (χ0n) is 23.0. The third-order valence-corrected chi connectivity index (χ3v) is 9.76. The molecule has 226 valence electrons. The molecule has 0 radical (unpaired) electrons. The van der Waals surface area contributed by atoms with E-state index in [9.17, 15) is 18.8 Å². The van der Waals surface area contributed by atoms with Crippen LogP contribution in [0.1, 0.15) is 33.2 Å². The Balaban J connectivity index is 1.47. The minimum atomic E-state index is -1.04. The van der Waals surface area contributed by atoms with Crippen molar-refractivity contribution in [2.45, 2.75) is 17.5 Å². The van der Waals surface area contributed by atoms with Crippen LogP contribution < -0.4 is 19.6 Å². The van der Waals surface area contributed by atoms with E-state index in [1.165, 1.54) is 24.0 Å². The number of hydrogen-bond acceptors (Lipinski definition) is 9. The Labute approximate surface area is 250 Å². The molecule has 2 atom stereocenters. The molecular weight excluding hydrogens is 635 g/mol. The van der Waals surface area contributed by atoms with Crippen molar-refractivity contribution in [2.24, 2.45) is 0 Å². The van der Waals surface area contributed by atoms with E-state index in [0.717, 1.165) is 16.1 Å². The molecule has 1 amide bonds. The topological polar surface area (TPSA) is 109 Å². The van der Waals surface area contributed by atoms with Crippen molar-refractivity contribution >= 4 is 31.5 Å².